The maximum atomic E-state index is 11.1. The number of methoxy groups -OCH3 is 1. The first-order valence-corrected chi connectivity index (χ1v) is 12.1. The number of alkyl halides is 1. The molecule has 0 aliphatic rings. The minimum Gasteiger partial charge on any atom is -0.497 e. The summed E-state index contributed by atoms with van der Waals surface area (Å²) in [6.07, 6.45) is 8.56. The zero-order valence-electron chi connectivity index (χ0n) is 20.5. The highest BCUT2D eigenvalue weighted by atomic mass is 35.5. The average molecular weight is 494 g/mol. The lowest BCUT2D eigenvalue weighted by Crippen LogP contribution is -2.22. The molecule has 1 atom stereocenters. The van der Waals surface area contributed by atoms with Gasteiger partial charge in [-0.3, -0.25) is 0 Å². The molecule has 0 amide bonds. The number of aromatic nitrogens is 1. The van der Waals surface area contributed by atoms with E-state index in [0.29, 0.717) is 11.6 Å². The summed E-state index contributed by atoms with van der Waals surface area (Å²) in [5, 5.41) is 10.2. The van der Waals surface area contributed by atoms with Crippen LogP contribution < -0.4 is 9.47 Å². The molecule has 0 saturated carbocycles. The van der Waals surface area contributed by atoms with Gasteiger partial charge >= 0.3 is 5.97 Å². The van der Waals surface area contributed by atoms with Crippen LogP contribution in [-0.4, -0.2) is 34.7 Å². The van der Waals surface area contributed by atoms with Gasteiger partial charge in [0.1, 0.15) is 11.5 Å². The van der Waals surface area contributed by atoms with Crippen LogP contribution in [0.4, 0.5) is 0 Å². The molecule has 1 heterocycles. The number of allylic oxidation sites excluding steroid dienone is 5. The molecule has 5 nitrogen and oxygen atoms in total. The van der Waals surface area contributed by atoms with Crippen molar-refractivity contribution in [3.05, 3.63) is 95.7 Å². The molecule has 0 spiro atoms. The van der Waals surface area contributed by atoms with Gasteiger partial charge in [-0.1, -0.05) is 43.0 Å². The third kappa shape index (κ3) is 6.58. The molecule has 3 aromatic rings. The summed E-state index contributed by atoms with van der Waals surface area (Å²) in [7, 11) is 1.68. The first-order chi connectivity index (χ1) is 16.9. The smallest absolute Gasteiger partial charge is 0.344 e. The fraction of sp³-hybridized carbons (Fsp3) is 0.276. The molecule has 1 aromatic heterocycles. The van der Waals surface area contributed by atoms with Crippen LogP contribution in [0.15, 0.2) is 78.9 Å². The lowest BCUT2D eigenvalue weighted by molar-refractivity contribution is -0.144. The Balaban J connectivity index is 1.97. The van der Waals surface area contributed by atoms with Gasteiger partial charge in [-0.25, -0.2) is 4.79 Å². The number of halogens is 1. The molecule has 0 saturated heterocycles. The number of nitrogens with zero attached hydrogens (tertiary/aromatic N) is 1. The minimum atomic E-state index is -0.991. The Bertz CT molecular complexity index is 1240. The van der Waals surface area contributed by atoms with Crippen LogP contribution >= 0.6 is 11.6 Å². The highest BCUT2D eigenvalue weighted by Crippen LogP contribution is 2.32. The number of ether oxygens (including phenoxy) is 2. The molecule has 184 valence electrons. The summed E-state index contributed by atoms with van der Waals surface area (Å²) in [5.74, 6) is 0.855. The Labute approximate surface area is 211 Å². The molecule has 1 N–H and O–H groups in total. The number of carboxylic acids is 1. The zero-order valence-corrected chi connectivity index (χ0v) is 21.2. The molecule has 0 fully saturated rings. The molecule has 0 aliphatic carbocycles. The second kappa shape index (κ2) is 12.3. The second-order valence-corrected chi connectivity index (χ2v) is 8.65. The summed E-state index contributed by atoms with van der Waals surface area (Å²) in [4.78, 5) is 11.1. The lowest BCUT2D eigenvalue weighted by Gasteiger charge is -2.12. The summed E-state index contributed by atoms with van der Waals surface area (Å²) < 4.78 is 13.3. The van der Waals surface area contributed by atoms with Crippen LogP contribution in [0, 0.1) is 6.92 Å². The van der Waals surface area contributed by atoms with E-state index in [4.69, 9.17) is 26.2 Å². The van der Waals surface area contributed by atoms with Crippen LogP contribution in [0.2, 0.25) is 0 Å². The summed E-state index contributed by atoms with van der Waals surface area (Å²) in [6, 6.07) is 13.8. The molecule has 35 heavy (non-hydrogen) atoms. The largest absolute Gasteiger partial charge is 0.497 e. The van der Waals surface area contributed by atoms with Crippen molar-refractivity contribution in [2.45, 2.75) is 39.3 Å². The van der Waals surface area contributed by atoms with Gasteiger partial charge in [0.25, 0.3) is 0 Å². The Morgan fingerprint density at radius 1 is 1.17 bits per heavy atom. The van der Waals surface area contributed by atoms with E-state index in [-0.39, 0.29) is 0 Å². The Hall–Kier alpha value is -3.44. The van der Waals surface area contributed by atoms with Crippen molar-refractivity contribution in [3.63, 3.8) is 0 Å². The van der Waals surface area contributed by atoms with E-state index < -0.39 is 12.1 Å². The predicted molar refractivity (Wildman–Crippen MR) is 143 cm³/mol. The third-order valence-electron chi connectivity index (χ3n) is 5.98. The lowest BCUT2D eigenvalue weighted by atomic mass is 10.0. The SMILES string of the molecule is C=C/C=C(\C/C=C\CCl)Cn1c(C)c(Cc2ccc(OC(C)C(=O)O)cc2)c2cc(OC)ccc21. The van der Waals surface area contributed by atoms with Gasteiger partial charge in [0.15, 0.2) is 6.10 Å². The van der Waals surface area contributed by atoms with Crippen molar-refractivity contribution in [2.75, 3.05) is 13.0 Å². The van der Waals surface area contributed by atoms with E-state index in [1.807, 2.05) is 42.5 Å². The number of rotatable bonds is 12. The number of hydrogen-bond donors (Lipinski definition) is 1. The van der Waals surface area contributed by atoms with Crippen molar-refractivity contribution in [1.29, 1.82) is 0 Å². The maximum Gasteiger partial charge on any atom is 0.344 e. The number of benzene rings is 2. The van der Waals surface area contributed by atoms with E-state index in [9.17, 15) is 4.79 Å². The van der Waals surface area contributed by atoms with Crippen LogP contribution in [0.3, 0.4) is 0 Å². The van der Waals surface area contributed by atoms with Gasteiger partial charge < -0.3 is 19.1 Å². The van der Waals surface area contributed by atoms with Crippen molar-refractivity contribution >= 4 is 28.5 Å². The van der Waals surface area contributed by atoms with Gasteiger partial charge in [-0.2, -0.15) is 0 Å². The molecule has 2 aromatic carbocycles. The second-order valence-electron chi connectivity index (χ2n) is 8.34. The van der Waals surface area contributed by atoms with Crippen molar-refractivity contribution < 1.29 is 19.4 Å². The molecule has 0 radical (unpaired) electrons. The summed E-state index contributed by atoms with van der Waals surface area (Å²) in [5.41, 5.74) is 5.89. The molecule has 3 rings (SSSR count). The van der Waals surface area contributed by atoms with E-state index >= 15 is 0 Å². The summed E-state index contributed by atoms with van der Waals surface area (Å²) >= 11 is 5.81. The number of carbonyl (C=O) groups is 1. The number of fused-ring (bicyclic) bond motifs is 1. The molecule has 1 unspecified atom stereocenters. The Morgan fingerprint density at radius 2 is 1.89 bits per heavy atom. The van der Waals surface area contributed by atoms with Gasteiger partial charge in [0.2, 0.25) is 0 Å². The highest BCUT2D eigenvalue weighted by Gasteiger charge is 2.17. The van der Waals surface area contributed by atoms with Crippen LogP contribution in [-0.2, 0) is 17.8 Å². The van der Waals surface area contributed by atoms with E-state index in [1.54, 1.807) is 7.11 Å². The molecule has 0 bridgehead atoms. The van der Waals surface area contributed by atoms with Crippen molar-refractivity contribution in [1.82, 2.24) is 4.57 Å². The number of aliphatic carboxylic acids is 1. The first-order valence-electron chi connectivity index (χ1n) is 11.5. The Morgan fingerprint density at radius 3 is 2.51 bits per heavy atom. The van der Waals surface area contributed by atoms with E-state index in [0.717, 1.165) is 41.6 Å². The van der Waals surface area contributed by atoms with Gasteiger partial charge in [0.05, 0.1) is 7.11 Å². The fourth-order valence-corrected chi connectivity index (χ4v) is 4.21. The highest BCUT2D eigenvalue weighted by molar-refractivity contribution is 6.18. The van der Waals surface area contributed by atoms with Gasteiger partial charge in [-0.15, -0.1) is 11.6 Å². The number of carboxylic acid groups (broad SMARTS) is 1. The van der Waals surface area contributed by atoms with Crippen LogP contribution in [0.5, 0.6) is 11.5 Å². The van der Waals surface area contributed by atoms with Gasteiger partial charge in [0, 0.05) is 29.0 Å². The first kappa shape index (κ1) is 26.2. The van der Waals surface area contributed by atoms with E-state index in [2.05, 4.69) is 42.4 Å². The predicted octanol–water partition coefficient (Wildman–Crippen LogP) is 6.70. The average Bonchev–Trinajstić information content (AvgIpc) is 3.10. The third-order valence-corrected chi connectivity index (χ3v) is 6.15. The monoisotopic (exact) mass is 493 g/mol. The molecular formula is C29H32ClNO4. The minimum absolute atomic E-state index is 0.496. The molecule has 6 heteroatoms. The van der Waals surface area contributed by atoms with E-state index in [1.165, 1.54) is 23.8 Å². The maximum absolute atomic E-state index is 11.1. The summed E-state index contributed by atoms with van der Waals surface area (Å²) in [6.45, 7) is 8.28. The quantitative estimate of drug-likeness (QED) is 0.173. The van der Waals surface area contributed by atoms with Crippen molar-refractivity contribution in [3.8, 4) is 11.5 Å². The topological polar surface area (TPSA) is 60.7 Å². The normalized spacial score (nSPS) is 12.7. The fourth-order valence-electron chi connectivity index (χ4n) is 4.08. The Kier molecular flexibility index (Phi) is 9.21. The number of hydrogen-bond acceptors (Lipinski definition) is 3. The van der Waals surface area contributed by atoms with Crippen molar-refractivity contribution in [2.24, 2.45) is 0 Å². The molecular weight excluding hydrogens is 462 g/mol. The zero-order chi connectivity index (χ0) is 25.4. The van der Waals surface area contributed by atoms with Crippen LogP contribution in [0.1, 0.15) is 30.2 Å². The standard InChI is InChI=1S/C29H32ClNO4/c1-5-8-23(9-6-7-16-30)19-31-20(2)26(27-18-25(34-4)14-15-28(27)31)17-22-10-12-24(13-11-22)35-21(3)29(32)33/h5-8,10-15,18,21H,1,9,16-17,19H2,2-4H3,(H,32,33)/b7-6-,23-8+. The van der Waals surface area contributed by atoms with Gasteiger partial charge in [-0.05, 0) is 73.7 Å². The molecule has 0 aliphatic heterocycles. The van der Waals surface area contributed by atoms with Crippen LogP contribution in [0.25, 0.3) is 10.9 Å².